The molecular formula is C22H31N3O4. The van der Waals surface area contributed by atoms with Gasteiger partial charge in [0.15, 0.2) is 0 Å². The Hall–Kier alpha value is -2.57. The predicted octanol–water partition coefficient (Wildman–Crippen LogP) is 2.20. The smallest absolute Gasteiger partial charge is 0.228 e. The number of piperidine rings is 1. The van der Waals surface area contributed by atoms with Crippen LogP contribution in [0.2, 0.25) is 0 Å². The summed E-state index contributed by atoms with van der Waals surface area (Å²) in [5.74, 6) is 0.300. The molecule has 1 aromatic rings. The van der Waals surface area contributed by atoms with Crippen LogP contribution in [-0.4, -0.2) is 54.9 Å². The first-order chi connectivity index (χ1) is 13.9. The van der Waals surface area contributed by atoms with Crippen LogP contribution in [0, 0.1) is 11.8 Å². The lowest BCUT2D eigenvalue weighted by molar-refractivity contribution is -0.139. The summed E-state index contributed by atoms with van der Waals surface area (Å²) in [5.41, 5.74) is 0.721. The number of anilines is 1. The number of rotatable bonds is 6. The Labute approximate surface area is 172 Å². The van der Waals surface area contributed by atoms with Crippen LogP contribution in [0.25, 0.3) is 0 Å². The van der Waals surface area contributed by atoms with Crippen molar-refractivity contribution in [2.75, 3.05) is 31.1 Å². The van der Waals surface area contributed by atoms with Crippen molar-refractivity contribution in [3.63, 3.8) is 0 Å². The standard InChI is InChI=1S/C22H31N3O4/c1-4-29-19-8-6-5-7-18(19)25-14-17(13-20(25)26)22(28)24-11-9-16(10-12-24)21(27)23-15(2)3/h5-8,15-17H,4,9-14H2,1-3H3,(H,23,27). The summed E-state index contributed by atoms with van der Waals surface area (Å²) in [6.45, 7) is 7.81. The SMILES string of the molecule is CCOc1ccccc1N1CC(C(=O)N2CCC(C(=O)NC(C)C)CC2)CC1=O. The molecule has 3 rings (SSSR count). The minimum Gasteiger partial charge on any atom is -0.492 e. The van der Waals surface area contributed by atoms with Gasteiger partial charge in [0.05, 0.1) is 18.2 Å². The van der Waals surface area contributed by atoms with Crippen LogP contribution in [0.4, 0.5) is 5.69 Å². The molecule has 0 radical (unpaired) electrons. The average molecular weight is 402 g/mol. The number of hydrogen-bond acceptors (Lipinski definition) is 4. The van der Waals surface area contributed by atoms with Crippen molar-refractivity contribution < 1.29 is 19.1 Å². The van der Waals surface area contributed by atoms with Gasteiger partial charge in [-0.1, -0.05) is 12.1 Å². The number of benzene rings is 1. The van der Waals surface area contributed by atoms with E-state index in [1.807, 2.05) is 49.9 Å². The fourth-order valence-electron chi connectivity index (χ4n) is 4.09. The van der Waals surface area contributed by atoms with Gasteiger partial charge < -0.3 is 19.9 Å². The summed E-state index contributed by atoms with van der Waals surface area (Å²) in [4.78, 5) is 41.3. The molecule has 2 heterocycles. The Morgan fingerprint density at radius 3 is 2.52 bits per heavy atom. The Kier molecular flexibility index (Phi) is 6.77. The maximum atomic E-state index is 13.0. The summed E-state index contributed by atoms with van der Waals surface area (Å²) in [7, 11) is 0. The molecule has 0 spiro atoms. The summed E-state index contributed by atoms with van der Waals surface area (Å²) >= 11 is 0. The van der Waals surface area contributed by atoms with Gasteiger partial charge in [-0.15, -0.1) is 0 Å². The third kappa shape index (κ3) is 4.89. The van der Waals surface area contributed by atoms with Crippen molar-refractivity contribution >= 4 is 23.4 Å². The molecule has 0 aliphatic carbocycles. The monoisotopic (exact) mass is 401 g/mol. The molecule has 158 valence electrons. The minimum absolute atomic E-state index is 0.0115. The number of para-hydroxylation sites is 2. The maximum Gasteiger partial charge on any atom is 0.228 e. The van der Waals surface area contributed by atoms with Gasteiger partial charge in [-0.3, -0.25) is 14.4 Å². The molecular weight excluding hydrogens is 370 g/mol. The molecule has 7 nitrogen and oxygen atoms in total. The zero-order chi connectivity index (χ0) is 21.0. The highest BCUT2D eigenvalue weighted by molar-refractivity contribution is 6.01. The highest BCUT2D eigenvalue weighted by Crippen LogP contribution is 2.34. The second-order valence-corrected chi connectivity index (χ2v) is 8.07. The van der Waals surface area contributed by atoms with E-state index < -0.39 is 0 Å². The topological polar surface area (TPSA) is 79.0 Å². The van der Waals surface area contributed by atoms with E-state index in [9.17, 15) is 14.4 Å². The first kappa shape index (κ1) is 21.1. The van der Waals surface area contributed by atoms with Crippen LogP contribution >= 0.6 is 0 Å². The van der Waals surface area contributed by atoms with Crippen molar-refractivity contribution in [2.45, 2.75) is 46.1 Å². The summed E-state index contributed by atoms with van der Waals surface area (Å²) in [5, 5.41) is 2.95. The summed E-state index contributed by atoms with van der Waals surface area (Å²) < 4.78 is 5.64. The van der Waals surface area contributed by atoms with Crippen LogP contribution in [0.3, 0.4) is 0 Å². The van der Waals surface area contributed by atoms with Crippen LogP contribution in [-0.2, 0) is 14.4 Å². The molecule has 29 heavy (non-hydrogen) atoms. The summed E-state index contributed by atoms with van der Waals surface area (Å²) in [6, 6.07) is 7.56. The van der Waals surface area contributed by atoms with Crippen LogP contribution in [0.5, 0.6) is 5.75 Å². The Morgan fingerprint density at radius 1 is 1.17 bits per heavy atom. The number of amides is 3. The fraction of sp³-hybridized carbons (Fsp3) is 0.591. The molecule has 2 aliphatic rings. The lowest BCUT2D eigenvalue weighted by atomic mass is 9.94. The van der Waals surface area contributed by atoms with E-state index >= 15 is 0 Å². The second kappa shape index (κ2) is 9.29. The van der Waals surface area contributed by atoms with E-state index in [-0.39, 0.29) is 42.0 Å². The normalized spacial score (nSPS) is 20.3. The van der Waals surface area contributed by atoms with Crippen molar-refractivity contribution in [2.24, 2.45) is 11.8 Å². The molecule has 1 atom stereocenters. The Morgan fingerprint density at radius 2 is 1.86 bits per heavy atom. The van der Waals surface area contributed by atoms with E-state index in [2.05, 4.69) is 5.32 Å². The minimum atomic E-state index is -0.349. The van der Waals surface area contributed by atoms with Gasteiger partial charge in [0.1, 0.15) is 5.75 Å². The third-order valence-electron chi connectivity index (χ3n) is 5.54. The number of nitrogens with one attached hydrogen (secondary N) is 1. The van der Waals surface area contributed by atoms with Gasteiger partial charge in [0, 0.05) is 38.0 Å². The number of ether oxygens (including phenoxy) is 1. The predicted molar refractivity (Wildman–Crippen MR) is 111 cm³/mol. The van der Waals surface area contributed by atoms with Crippen molar-refractivity contribution in [1.29, 1.82) is 0 Å². The molecule has 0 saturated carbocycles. The lowest BCUT2D eigenvalue weighted by Crippen LogP contribution is -2.46. The molecule has 3 amide bonds. The number of carbonyl (C=O) groups excluding carboxylic acids is 3. The summed E-state index contributed by atoms with van der Waals surface area (Å²) in [6.07, 6.45) is 1.55. The number of likely N-dealkylation sites (tertiary alicyclic amines) is 1. The Balaban J connectivity index is 1.60. The molecule has 0 aromatic heterocycles. The highest BCUT2D eigenvalue weighted by Gasteiger charge is 2.39. The molecule has 2 saturated heterocycles. The van der Waals surface area contributed by atoms with Gasteiger partial charge >= 0.3 is 0 Å². The van der Waals surface area contributed by atoms with Crippen molar-refractivity contribution in [1.82, 2.24) is 10.2 Å². The largest absolute Gasteiger partial charge is 0.492 e. The van der Waals surface area contributed by atoms with Crippen LogP contribution in [0.15, 0.2) is 24.3 Å². The quantitative estimate of drug-likeness (QED) is 0.793. The number of carbonyl (C=O) groups is 3. The van der Waals surface area contributed by atoms with Gasteiger partial charge in [-0.25, -0.2) is 0 Å². The van der Waals surface area contributed by atoms with E-state index in [0.717, 1.165) is 5.69 Å². The molecule has 1 N–H and O–H groups in total. The highest BCUT2D eigenvalue weighted by atomic mass is 16.5. The van der Waals surface area contributed by atoms with E-state index in [1.165, 1.54) is 0 Å². The second-order valence-electron chi connectivity index (χ2n) is 8.07. The van der Waals surface area contributed by atoms with E-state index in [4.69, 9.17) is 4.74 Å². The first-order valence-corrected chi connectivity index (χ1v) is 10.5. The van der Waals surface area contributed by atoms with Crippen LogP contribution < -0.4 is 15.0 Å². The van der Waals surface area contributed by atoms with E-state index in [0.29, 0.717) is 44.8 Å². The van der Waals surface area contributed by atoms with Gasteiger partial charge in [0.25, 0.3) is 0 Å². The third-order valence-corrected chi connectivity index (χ3v) is 5.54. The van der Waals surface area contributed by atoms with Gasteiger partial charge in [-0.05, 0) is 45.7 Å². The fourth-order valence-corrected chi connectivity index (χ4v) is 4.09. The number of hydrogen-bond donors (Lipinski definition) is 1. The zero-order valence-electron chi connectivity index (χ0n) is 17.5. The van der Waals surface area contributed by atoms with Gasteiger partial charge in [-0.2, -0.15) is 0 Å². The van der Waals surface area contributed by atoms with Gasteiger partial charge in [0.2, 0.25) is 17.7 Å². The average Bonchev–Trinajstić information content (AvgIpc) is 3.09. The molecule has 0 bridgehead atoms. The van der Waals surface area contributed by atoms with Crippen LogP contribution in [0.1, 0.15) is 40.0 Å². The Bertz CT molecular complexity index is 756. The molecule has 1 aromatic carbocycles. The van der Waals surface area contributed by atoms with Crippen molar-refractivity contribution in [3.05, 3.63) is 24.3 Å². The molecule has 1 unspecified atom stereocenters. The lowest BCUT2D eigenvalue weighted by Gasteiger charge is -2.33. The maximum absolute atomic E-state index is 13.0. The zero-order valence-corrected chi connectivity index (χ0v) is 17.5. The molecule has 2 fully saturated rings. The molecule has 7 heteroatoms. The van der Waals surface area contributed by atoms with Crippen molar-refractivity contribution in [3.8, 4) is 5.75 Å². The number of nitrogens with zero attached hydrogens (tertiary/aromatic N) is 2. The molecule has 2 aliphatic heterocycles. The van der Waals surface area contributed by atoms with E-state index in [1.54, 1.807) is 4.90 Å². The first-order valence-electron chi connectivity index (χ1n) is 10.5.